The monoisotopic (exact) mass is 1050 g/mol. The van der Waals surface area contributed by atoms with Crippen LogP contribution in [-0.2, 0) is 56.0 Å². The van der Waals surface area contributed by atoms with Crippen LogP contribution in [-0.4, -0.2) is 134 Å². The molecule has 25 heteroatoms. The standard InChI is InChI=1S/C44H64BrN13O10S/c1-7-23(4)36(43(67)54-29(37(47)61)14-15-69-6)58-41(65)32(17-26-19-48-21-51-26)53-34(60)20-50-42(66)35(22(2)3)57-38(62)24(5)52-40(64)31(16-25-18-49-28-11-9-8-10-27(25)28)55-39(63)30(56-44(45)68)12-13-33(46)59/h8-11,18-19,21-24,29-32,35-36,49H,7,12-17,20H2,1-6H3,(H2,46,59)(H2,47,61)(H,48,51)(H,50,66)(H,52,64)(H,53,60)(H,54,67)(H,55,63)(H,56,68)(H,57,62)(H,58,65)/t23?,24?,29-,30?,31-,32-,35?,36?/m0/s1. The summed E-state index contributed by atoms with van der Waals surface area (Å²) in [6.07, 6.45) is 6.54. The van der Waals surface area contributed by atoms with Crippen LogP contribution in [0.5, 0.6) is 0 Å². The molecule has 0 aliphatic heterocycles. The predicted octanol–water partition coefficient (Wildman–Crippen LogP) is -0.600. The first-order chi connectivity index (χ1) is 32.6. The highest BCUT2D eigenvalue weighted by Gasteiger charge is 2.34. The molecule has 0 bridgehead atoms. The molecule has 69 heavy (non-hydrogen) atoms. The molecule has 0 aliphatic carbocycles. The zero-order valence-electron chi connectivity index (χ0n) is 39.4. The van der Waals surface area contributed by atoms with Gasteiger partial charge in [0.2, 0.25) is 53.2 Å². The second-order valence-electron chi connectivity index (χ2n) is 16.8. The van der Waals surface area contributed by atoms with Crippen LogP contribution in [0.25, 0.3) is 10.9 Å². The number of hydrogen-bond donors (Lipinski definition) is 12. The van der Waals surface area contributed by atoms with E-state index in [0.717, 1.165) is 10.9 Å². The highest BCUT2D eigenvalue weighted by molar-refractivity contribution is 9.18. The number of fused-ring (bicyclic) bond motifs is 1. The van der Waals surface area contributed by atoms with E-state index < -0.39 is 119 Å². The lowest BCUT2D eigenvalue weighted by atomic mass is 9.97. The van der Waals surface area contributed by atoms with E-state index in [1.807, 2.05) is 31.4 Å². The van der Waals surface area contributed by atoms with Gasteiger partial charge in [-0.05, 0) is 55.2 Å². The zero-order valence-corrected chi connectivity index (χ0v) is 41.8. The number of hydrogen-bond acceptors (Lipinski definition) is 12. The molecule has 8 atom stereocenters. The summed E-state index contributed by atoms with van der Waals surface area (Å²) < 4.78 is 0. The van der Waals surface area contributed by atoms with E-state index in [1.54, 1.807) is 33.0 Å². The van der Waals surface area contributed by atoms with Crippen molar-refractivity contribution in [1.29, 1.82) is 0 Å². The first-order valence-corrected chi connectivity index (χ1v) is 24.5. The first kappa shape index (κ1) is 56.8. The molecule has 2 aromatic heterocycles. The number of imidazole rings is 1. The number of nitrogens with two attached hydrogens (primary N) is 2. The average molecular weight is 1050 g/mol. The molecule has 0 aliphatic rings. The molecule has 0 saturated heterocycles. The van der Waals surface area contributed by atoms with Gasteiger partial charge in [0.1, 0.15) is 42.3 Å². The number of H-pyrrole nitrogens is 2. The zero-order chi connectivity index (χ0) is 51.4. The Morgan fingerprint density at radius 3 is 1.96 bits per heavy atom. The Hall–Kier alpha value is -6.50. The summed E-state index contributed by atoms with van der Waals surface area (Å²) in [7, 11) is 0. The van der Waals surface area contributed by atoms with Crippen molar-refractivity contribution in [2.24, 2.45) is 23.3 Å². The summed E-state index contributed by atoms with van der Waals surface area (Å²) in [4.78, 5) is 140. The molecular weight excluding hydrogens is 983 g/mol. The Morgan fingerprint density at radius 1 is 0.710 bits per heavy atom. The van der Waals surface area contributed by atoms with Crippen molar-refractivity contribution in [3.05, 3.63) is 54.2 Å². The Morgan fingerprint density at radius 2 is 1.35 bits per heavy atom. The van der Waals surface area contributed by atoms with Gasteiger partial charge in [-0.3, -0.25) is 47.9 Å². The SMILES string of the molecule is CCC(C)C(NC(=O)[C@H](Cc1cnc[nH]1)NC(=O)CNC(=O)C(NC(=O)C(C)NC(=O)[C@H](Cc1c[nH]c2ccccc12)NC(=O)C(CCC(N)=O)NC(=O)Br)C(C)C)C(=O)N[C@@H](CCSC)C(N)=O. The largest absolute Gasteiger partial charge is 0.370 e. The van der Waals surface area contributed by atoms with Gasteiger partial charge in [0, 0.05) is 64.2 Å². The number of aromatic amines is 2. The molecule has 3 aromatic rings. The van der Waals surface area contributed by atoms with Crippen LogP contribution < -0.4 is 54.0 Å². The average Bonchev–Trinajstić information content (AvgIpc) is 3.97. The normalized spacial score (nSPS) is 14.6. The molecule has 378 valence electrons. The van der Waals surface area contributed by atoms with Crippen LogP contribution >= 0.6 is 27.7 Å². The fourth-order valence-corrected chi connectivity index (χ4v) is 7.72. The number of thioether (sulfide) groups is 1. The first-order valence-electron chi connectivity index (χ1n) is 22.3. The third-order valence-electron chi connectivity index (χ3n) is 11.1. The van der Waals surface area contributed by atoms with Crippen LogP contribution in [0.4, 0.5) is 4.79 Å². The van der Waals surface area contributed by atoms with Crippen molar-refractivity contribution in [3.63, 3.8) is 0 Å². The van der Waals surface area contributed by atoms with Crippen molar-refractivity contribution in [2.45, 2.75) is 115 Å². The lowest BCUT2D eigenvalue weighted by molar-refractivity contribution is -0.135. The van der Waals surface area contributed by atoms with Crippen LogP contribution in [0, 0.1) is 11.8 Å². The minimum absolute atomic E-state index is 0.0616. The van der Waals surface area contributed by atoms with Crippen LogP contribution in [0.1, 0.15) is 71.6 Å². The van der Waals surface area contributed by atoms with Crippen molar-refractivity contribution in [2.75, 3.05) is 18.6 Å². The van der Waals surface area contributed by atoms with Gasteiger partial charge >= 0.3 is 0 Å². The van der Waals surface area contributed by atoms with Gasteiger partial charge in [-0.1, -0.05) is 52.3 Å². The third-order valence-corrected chi connectivity index (χ3v) is 12.0. The fourth-order valence-electron chi connectivity index (χ4n) is 6.97. The molecule has 0 saturated carbocycles. The van der Waals surface area contributed by atoms with Gasteiger partial charge in [0.25, 0.3) is 4.82 Å². The maximum Gasteiger partial charge on any atom is 0.287 e. The van der Waals surface area contributed by atoms with E-state index in [9.17, 15) is 47.9 Å². The summed E-state index contributed by atoms with van der Waals surface area (Å²) in [6.45, 7) is 7.58. The number of primary amides is 2. The molecule has 1 aromatic carbocycles. The van der Waals surface area contributed by atoms with E-state index in [0.29, 0.717) is 23.4 Å². The molecule has 0 radical (unpaired) electrons. The maximum absolute atomic E-state index is 13.9. The summed E-state index contributed by atoms with van der Waals surface area (Å²) in [5.41, 5.74) is 12.7. The Labute approximate surface area is 412 Å². The van der Waals surface area contributed by atoms with E-state index in [2.05, 4.69) is 73.4 Å². The van der Waals surface area contributed by atoms with Crippen LogP contribution in [0.3, 0.4) is 0 Å². The van der Waals surface area contributed by atoms with Crippen molar-refractivity contribution >= 4 is 96.6 Å². The number of halogens is 1. The van der Waals surface area contributed by atoms with Gasteiger partial charge in [-0.2, -0.15) is 11.8 Å². The Bertz CT molecular complexity index is 2280. The number of carbonyl (C=O) groups excluding carboxylic acids is 10. The quantitative estimate of drug-likeness (QED) is 0.0307. The number of nitrogens with one attached hydrogen (secondary N) is 10. The van der Waals surface area contributed by atoms with E-state index in [1.165, 1.54) is 31.2 Å². The molecule has 14 N–H and O–H groups in total. The predicted molar refractivity (Wildman–Crippen MR) is 261 cm³/mol. The number of nitrogens with zero attached hydrogens (tertiary/aromatic N) is 1. The maximum atomic E-state index is 13.9. The number of benzene rings is 1. The second-order valence-corrected chi connectivity index (χ2v) is 18.5. The number of rotatable bonds is 29. The van der Waals surface area contributed by atoms with Gasteiger partial charge in [0.15, 0.2) is 0 Å². The van der Waals surface area contributed by atoms with Gasteiger partial charge < -0.3 is 64.0 Å². The lowest BCUT2D eigenvalue weighted by Crippen LogP contribution is -2.59. The van der Waals surface area contributed by atoms with E-state index in [4.69, 9.17) is 11.5 Å². The molecule has 2 heterocycles. The Balaban J connectivity index is 1.72. The molecule has 23 nitrogen and oxygen atoms in total. The van der Waals surface area contributed by atoms with Crippen molar-refractivity contribution in [3.8, 4) is 0 Å². The van der Waals surface area contributed by atoms with Gasteiger partial charge in [-0.25, -0.2) is 4.98 Å². The molecular formula is C44H64BrN13O10S. The van der Waals surface area contributed by atoms with E-state index in [-0.39, 0.29) is 32.1 Å². The highest BCUT2D eigenvalue weighted by Crippen LogP contribution is 2.20. The highest BCUT2D eigenvalue weighted by atomic mass is 79.9. The number of carbonyl (C=O) groups is 10. The number of para-hydroxylation sites is 1. The number of amides is 10. The minimum Gasteiger partial charge on any atom is -0.370 e. The van der Waals surface area contributed by atoms with E-state index >= 15 is 0 Å². The lowest BCUT2D eigenvalue weighted by Gasteiger charge is -2.28. The topological polar surface area (TPSA) is 363 Å². The summed E-state index contributed by atoms with van der Waals surface area (Å²) >= 11 is 4.19. The molecule has 3 rings (SSSR count). The molecule has 5 unspecified atom stereocenters. The minimum atomic E-state index is -1.31. The van der Waals surface area contributed by atoms with Crippen molar-refractivity contribution in [1.82, 2.24) is 57.5 Å². The summed E-state index contributed by atoms with van der Waals surface area (Å²) in [5, 5.41) is 21.4. The van der Waals surface area contributed by atoms with Crippen LogP contribution in [0.2, 0.25) is 0 Å². The smallest absolute Gasteiger partial charge is 0.287 e. The fraction of sp³-hybridized carbons (Fsp3) is 0.523. The summed E-state index contributed by atoms with van der Waals surface area (Å²) in [5.74, 6) is -7.11. The second kappa shape index (κ2) is 28.1. The third kappa shape index (κ3) is 18.5. The molecule has 10 amide bonds. The molecule has 0 fully saturated rings. The summed E-state index contributed by atoms with van der Waals surface area (Å²) in [6, 6.07) is -1.14. The van der Waals surface area contributed by atoms with Crippen molar-refractivity contribution < 1.29 is 47.9 Å². The molecule has 0 spiro atoms. The van der Waals surface area contributed by atoms with Crippen LogP contribution in [0.15, 0.2) is 43.0 Å². The van der Waals surface area contributed by atoms with Gasteiger partial charge in [-0.15, -0.1) is 0 Å². The Kier molecular flexibility index (Phi) is 23.1. The number of aromatic nitrogens is 3. The van der Waals surface area contributed by atoms with Gasteiger partial charge in [0.05, 0.1) is 12.9 Å².